The van der Waals surface area contributed by atoms with E-state index >= 15 is 0 Å². The Balaban J connectivity index is 1.65. The first-order chi connectivity index (χ1) is 14.3. The molecule has 1 amide bonds. The Morgan fingerprint density at radius 3 is 2.60 bits per heavy atom. The Bertz CT molecular complexity index is 1060. The van der Waals surface area contributed by atoms with Crippen molar-refractivity contribution in [1.29, 1.82) is 0 Å². The van der Waals surface area contributed by atoms with Crippen molar-refractivity contribution in [2.45, 2.75) is 32.6 Å². The van der Waals surface area contributed by atoms with Gasteiger partial charge in [0, 0.05) is 19.2 Å². The van der Waals surface area contributed by atoms with Gasteiger partial charge in [0.05, 0.1) is 18.3 Å². The molecule has 2 aromatic heterocycles. The predicted molar refractivity (Wildman–Crippen MR) is 99.2 cm³/mol. The highest BCUT2D eigenvalue weighted by Gasteiger charge is 2.42. The number of carbonyl (C=O) groups is 1. The van der Waals surface area contributed by atoms with E-state index in [4.69, 9.17) is 4.74 Å². The molecular weight excluding hydrogens is 401 g/mol. The van der Waals surface area contributed by atoms with Crippen LogP contribution in [-0.4, -0.2) is 48.5 Å². The molecule has 8 nitrogen and oxygen atoms in total. The number of rotatable bonds is 4. The van der Waals surface area contributed by atoms with Crippen LogP contribution in [0.25, 0.3) is 5.69 Å². The van der Waals surface area contributed by atoms with Crippen molar-refractivity contribution in [3.8, 4) is 11.6 Å². The van der Waals surface area contributed by atoms with Crippen molar-refractivity contribution in [2.24, 2.45) is 0 Å². The quantitative estimate of drug-likeness (QED) is 0.648. The van der Waals surface area contributed by atoms with Crippen LogP contribution in [0, 0.1) is 0 Å². The third-order valence-corrected chi connectivity index (χ3v) is 4.89. The van der Waals surface area contributed by atoms with Crippen molar-refractivity contribution < 1.29 is 22.7 Å². The summed E-state index contributed by atoms with van der Waals surface area (Å²) < 4.78 is 47.5. The number of hydrogen-bond donors (Lipinski definition) is 0. The number of fused-ring (bicyclic) bond motifs is 1. The van der Waals surface area contributed by atoms with E-state index in [0.717, 1.165) is 10.3 Å². The van der Waals surface area contributed by atoms with Gasteiger partial charge in [-0.15, -0.1) is 10.2 Å². The second-order valence-electron chi connectivity index (χ2n) is 6.75. The lowest BCUT2D eigenvalue weighted by molar-refractivity contribution is -0.148. The Morgan fingerprint density at radius 2 is 1.93 bits per heavy atom. The average molecular weight is 420 g/mol. The van der Waals surface area contributed by atoms with E-state index in [1.165, 1.54) is 15.6 Å². The number of benzene rings is 1. The van der Waals surface area contributed by atoms with Gasteiger partial charge in [-0.3, -0.25) is 4.79 Å². The normalized spacial score (nSPS) is 16.4. The largest absolute Gasteiger partial charge is 0.478 e. The number of nitrogens with zero attached hydrogens (tertiary/aromatic N) is 6. The fourth-order valence-corrected chi connectivity index (χ4v) is 3.49. The van der Waals surface area contributed by atoms with Gasteiger partial charge >= 0.3 is 6.18 Å². The molecule has 0 aliphatic carbocycles. The van der Waals surface area contributed by atoms with Gasteiger partial charge in [0.2, 0.25) is 11.7 Å². The minimum absolute atomic E-state index is 0.0506. The van der Waals surface area contributed by atoms with E-state index in [1.54, 1.807) is 6.92 Å². The van der Waals surface area contributed by atoms with E-state index < -0.39 is 23.9 Å². The van der Waals surface area contributed by atoms with Gasteiger partial charge in [0.25, 0.3) is 5.91 Å². The summed E-state index contributed by atoms with van der Waals surface area (Å²) in [5, 5.41) is 11.3. The lowest BCUT2D eigenvalue weighted by Crippen LogP contribution is -2.42. The maximum Gasteiger partial charge on any atom is 0.451 e. The number of carbonyl (C=O) groups excluding carboxylic acids is 1. The summed E-state index contributed by atoms with van der Waals surface area (Å²) in [5.74, 6) is -0.974. The second-order valence-corrected chi connectivity index (χ2v) is 6.75. The van der Waals surface area contributed by atoms with E-state index in [0.29, 0.717) is 12.5 Å². The van der Waals surface area contributed by atoms with Crippen molar-refractivity contribution in [3.05, 3.63) is 53.7 Å². The highest BCUT2D eigenvalue weighted by molar-refractivity contribution is 5.93. The molecule has 0 spiro atoms. The summed E-state index contributed by atoms with van der Waals surface area (Å²) >= 11 is 0. The van der Waals surface area contributed by atoms with Crippen LogP contribution < -0.4 is 4.74 Å². The zero-order chi connectivity index (χ0) is 21.5. The molecule has 0 N–H and O–H groups in total. The van der Waals surface area contributed by atoms with Gasteiger partial charge in [0.1, 0.15) is 0 Å². The third kappa shape index (κ3) is 3.40. The molecule has 30 heavy (non-hydrogen) atoms. The Morgan fingerprint density at radius 1 is 1.20 bits per heavy atom. The lowest BCUT2D eigenvalue weighted by Gasteiger charge is -2.33. The summed E-state index contributed by atoms with van der Waals surface area (Å²) in [4.78, 5) is 14.6. The zero-order valence-corrected chi connectivity index (χ0v) is 16.3. The molecule has 4 rings (SSSR count). The number of amides is 1. The Hall–Kier alpha value is -3.37. The van der Waals surface area contributed by atoms with Crippen LogP contribution >= 0.6 is 0 Å². The third-order valence-electron chi connectivity index (χ3n) is 4.89. The summed E-state index contributed by atoms with van der Waals surface area (Å²) in [6.07, 6.45) is -4.60. The number of halogens is 3. The predicted octanol–water partition coefficient (Wildman–Crippen LogP) is 3.10. The van der Waals surface area contributed by atoms with Crippen LogP contribution in [0.15, 0.2) is 36.4 Å². The van der Waals surface area contributed by atoms with Crippen LogP contribution in [0.2, 0.25) is 0 Å². The highest BCUT2D eigenvalue weighted by Crippen LogP contribution is 2.33. The van der Waals surface area contributed by atoms with E-state index in [1.807, 2.05) is 37.3 Å². The van der Waals surface area contributed by atoms with Gasteiger partial charge < -0.3 is 14.2 Å². The van der Waals surface area contributed by atoms with Crippen LogP contribution in [-0.2, 0) is 12.7 Å². The molecule has 3 aromatic rings. The van der Waals surface area contributed by atoms with Crippen molar-refractivity contribution in [3.63, 3.8) is 0 Å². The number of alkyl halides is 3. The fourth-order valence-electron chi connectivity index (χ4n) is 3.49. The average Bonchev–Trinajstić information content (AvgIpc) is 3.34. The molecule has 0 saturated heterocycles. The highest BCUT2D eigenvalue weighted by atomic mass is 19.4. The van der Waals surface area contributed by atoms with Gasteiger partial charge in [-0.1, -0.05) is 18.2 Å². The van der Waals surface area contributed by atoms with Gasteiger partial charge in [-0.2, -0.15) is 18.3 Å². The monoisotopic (exact) mass is 420 g/mol. The van der Waals surface area contributed by atoms with Crippen LogP contribution in [0.4, 0.5) is 13.2 Å². The summed E-state index contributed by atoms with van der Waals surface area (Å²) in [6.45, 7) is 3.85. The lowest BCUT2D eigenvalue weighted by atomic mass is 10.2. The maximum atomic E-state index is 13.1. The van der Waals surface area contributed by atoms with Crippen LogP contribution in [0.3, 0.4) is 0 Å². The standard InChI is InChI=1S/C19H19F3N6O2/c1-3-30-15-11-14(25-28(15)13-7-5-4-6-8-13)17(29)26-9-10-27-16(12(26)2)23-24-18(27)19(20,21)22/h4-8,11-12H,3,9-10H2,1-2H3. The topological polar surface area (TPSA) is 78.1 Å². The van der Waals surface area contributed by atoms with Crippen molar-refractivity contribution in [1.82, 2.24) is 29.4 Å². The number of hydrogen-bond acceptors (Lipinski definition) is 5. The first-order valence-corrected chi connectivity index (χ1v) is 9.40. The molecule has 158 valence electrons. The van der Waals surface area contributed by atoms with Gasteiger partial charge in [-0.05, 0) is 26.0 Å². The van der Waals surface area contributed by atoms with Gasteiger partial charge in [-0.25, -0.2) is 4.68 Å². The molecule has 0 radical (unpaired) electrons. The molecule has 0 bridgehead atoms. The molecule has 1 aliphatic heterocycles. The zero-order valence-electron chi connectivity index (χ0n) is 16.3. The summed E-state index contributed by atoms with van der Waals surface area (Å²) in [7, 11) is 0. The SMILES string of the molecule is CCOc1cc(C(=O)N2CCn3c(nnc3C(F)(F)F)C2C)nn1-c1ccccc1. The maximum absolute atomic E-state index is 13.1. The van der Waals surface area contributed by atoms with Crippen LogP contribution in [0.1, 0.15) is 42.0 Å². The molecule has 3 heterocycles. The van der Waals surface area contributed by atoms with Crippen molar-refractivity contribution >= 4 is 5.91 Å². The molecular formula is C19H19F3N6O2. The molecule has 1 aromatic carbocycles. The molecule has 0 fully saturated rings. The molecule has 1 aliphatic rings. The van der Waals surface area contributed by atoms with E-state index in [-0.39, 0.29) is 24.6 Å². The number of ether oxygens (including phenoxy) is 1. The summed E-state index contributed by atoms with van der Waals surface area (Å²) in [6, 6.07) is 10.0. The van der Waals surface area contributed by atoms with E-state index in [9.17, 15) is 18.0 Å². The minimum atomic E-state index is -4.60. The van der Waals surface area contributed by atoms with Crippen molar-refractivity contribution in [2.75, 3.05) is 13.2 Å². The first-order valence-electron chi connectivity index (χ1n) is 9.40. The molecule has 1 unspecified atom stereocenters. The number of aromatic nitrogens is 5. The smallest absolute Gasteiger partial charge is 0.451 e. The van der Waals surface area contributed by atoms with Gasteiger partial charge in [0.15, 0.2) is 11.5 Å². The Labute approximate surface area is 169 Å². The molecule has 1 atom stereocenters. The first kappa shape index (κ1) is 19.9. The number of para-hydroxylation sites is 1. The van der Waals surface area contributed by atoms with E-state index in [2.05, 4.69) is 15.3 Å². The molecule has 11 heteroatoms. The molecule has 0 saturated carbocycles. The second kappa shape index (κ2) is 7.47. The van der Waals surface area contributed by atoms with Crippen LogP contribution in [0.5, 0.6) is 5.88 Å². The minimum Gasteiger partial charge on any atom is -0.478 e. The Kier molecular flexibility index (Phi) is 4.96. The summed E-state index contributed by atoms with van der Waals surface area (Å²) in [5.41, 5.74) is 0.861. The fraction of sp³-hybridized carbons (Fsp3) is 0.368.